The number of nitrogen functional groups attached to an aromatic ring is 2. The Labute approximate surface area is 112 Å². The van der Waals surface area contributed by atoms with E-state index in [2.05, 4.69) is 12.1 Å². The highest BCUT2D eigenvalue weighted by atomic mass is 79.9. The lowest BCUT2D eigenvalue weighted by molar-refractivity contribution is -0.682. The molecule has 1 aromatic carbocycles. The molecular formula is C13H16BrN3. The van der Waals surface area contributed by atoms with Crippen LogP contribution in [0.25, 0.3) is 0 Å². The summed E-state index contributed by atoms with van der Waals surface area (Å²) in [5.74, 6) is 0.705. The average Bonchev–Trinajstić information content (AvgIpc) is 2.29. The Bertz CT molecular complexity index is 471. The standard InChI is InChI=1S/C13H15N3.BrH/c14-12-7-9-16(13(15)10-12)8-6-11-4-2-1-3-5-11;/h1-5,7,9-10H,6,8H2,(H3,14,15);1H. The Balaban J connectivity index is 0.00000144. The van der Waals surface area contributed by atoms with Gasteiger partial charge in [0.25, 0.3) is 5.82 Å². The Kier molecular flexibility index (Phi) is 4.97. The Hall–Kier alpha value is -1.55. The molecule has 17 heavy (non-hydrogen) atoms. The highest BCUT2D eigenvalue weighted by Crippen LogP contribution is 2.04. The highest BCUT2D eigenvalue weighted by Gasteiger charge is 2.04. The van der Waals surface area contributed by atoms with E-state index < -0.39 is 0 Å². The molecule has 0 atom stereocenters. The summed E-state index contributed by atoms with van der Waals surface area (Å²) in [4.78, 5) is 0. The molecule has 90 valence electrons. The molecule has 0 saturated heterocycles. The first-order valence-electron chi connectivity index (χ1n) is 5.34. The van der Waals surface area contributed by atoms with Crippen molar-refractivity contribution in [3.05, 3.63) is 54.2 Å². The van der Waals surface area contributed by atoms with E-state index >= 15 is 0 Å². The number of hydrogen-bond acceptors (Lipinski definition) is 2. The molecule has 2 rings (SSSR count). The number of hydrogen-bond donors (Lipinski definition) is 2. The predicted molar refractivity (Wildman–Crippen MR) is 65.6 cm³/mol. The van der Waals surface area contributed by atoms with E-state index in [0.717, 1.165) is 13.0 Å². The van der Waals surface area contributed by atoms with Crippen LogP contribution in [0.1, 0.15) is 5.56 Å². The molecule has 0 bridgehead atoms. The first-order valence-corrected chi connectivity index (χ1v) is 5.34. The van der Waals surface area contributed by atoms with Crippen LogP contribution in [0.5, 0.6) is 0 Å². The van der Waals surface area contributed by atoms with E-state index in [-0.39, 0.29) is 17.0 Å². The third kappa shape index (κ3) is 3.75. The van der Waals surface area contributed by atoms with Gasteiger partial charge in [0, 0.05) is 18.2 Å². The van der Waals surface area contributed by atoms with Crippen molar-refractivity contribution < 1.29 is 21.5 Å². The van der Waals surface area contributed by atoms with E-state index in [1.807, 2.05) is 35.0 Å². The molecule has 0 aliphatic heterocycles. The summed E-state index contributed by atoms with van der Waals surface area (Å²) >= 11 is 0. The smallest absolute Gasteiger partial charge is 0.274 e. The monoisotopic (exact) mass is 293 g/mol. The van der Waals surface area contributed by atoms with Crippen LogP contribution in [0.2, 0.25) is 0 Å². The van der Waals surface area contributed by atoms with Crippen molar-refractivity contribution >= 4 is 11.5 Å². The molecule has 0 unspecified atom stereocenters. The van der Waals surface area contributed by atoms with E-state index in [9.17, 15) is 0 Å². The van der Waals surface area contributed by atoms with Gasteiger partial charge in [0.05, 0.1) is 18.8 Å². The lowest BCUT2D eigenvalue weighted by Crippen LogP contribution is -3.00. The molecule has 3 nitrogen and oxygen atoms in total. The van der Waals surface area contributed by atoms with Gasteiger partial charge in [-0.1, -0.05) is 30.3 Å². The van der Waals surface area contributed by atoms with Crippen LogP contribution in [0.4, 0.5) is 11.5 Å². The molecule has 0 aliphatic carbocycles. The third-order valence-corrected chi connectivity index (χ3v) is 2.58. The van der Waals surface area contributed by atoms with Gasteiger partial charge in [-0.25, -0.2) is 4.57 Å². The average molecular weight is 294 g/mol. The number of anilines is 2. The number of nitrogens with zero attached hydrogens (tertiary/aromatic N) is 1. The summed E-state index contributed by atoms with van der Waals surface area (Å²) in [7, 11) is 0. The van der Waals surface area contributed by atoms with Gasteiger partial charge < -0.3 is 22.7 Å². The van der Waals surface area contributed by atoms with Crippen LogP contribution in [0, 0.1) is 0 Å². The summed E-state index contributed by atoms with van der Waals surface area (Å²) in [6.45, 7) is 0.871. The second kappa shape index (κ2) is 6.25. The number of pyridine rings is 1. The van der Waals surface area contributed by atoms with E-state index in [0.29, 0.717) is 11.5 Å². The lowest BCUT2D eigenvalue weighted by atomic mass is 10.1. The van der Waals surface area contributed by atoms with Gasteiger partial charge in [-0.15, -0.1) is 0 Å². The van der Waals surface area contributed by atoms with Crippen LogP contribution in [-0.4, -0.2) is 0 Å². The number of aromatic nitrogens is 1. The van der Waals surface area contributed by atoms with Gasteiger partial charge in [-0.2, -0.15) is 0 Å². The maximum Gasteiger partial charge on any atom is 0.274 e. The van der Waals surface area contributed by atoms with Gasteiger partial charge in [0.2, 0.25) is 0 Å². The summed E-state index contributed by atoms with van der Waals surface area (Å²) in [5, 5.41) is 0. The largest absolute Gasteiger partial charge is 1.00 e. The van der Waals surface area contributed by atoms with Gasteiger partial charge in [-0.05, 0) is 5.56 Å². The highest BCUT2D eigenvalue weighted by molar-refractivity contribution is 5.42. The van der Waals surface area contributed by atoms with Crippen LogP contribution < -0.4 is 33.0 Å². The van der Waals surface area contributed by atoms with Gasteiger partial charge in [-0.3, -0.25) is 5.73 Å². The first kappa shape index (κ1) is 13.5. The molecule has 0 aliphatic rings. The third-order valence-electron chi connectivity index (χ3n) is 2.58. The maximum absolute atomic E-state index is 5.87. The Morgan fingerprint density at radius 3 is 2.35 bits per heavy atom. The summed E-state index contributed by atoms with van der Waals surface area (Å²) in [5.41, 5.74) is 13.5. The van der Waals surface area contributed by atoms with Crippen molar-refractivity contribution in [3.63, 3.8) is 0 Å². The number of halogens is 1. The van der Waals surface area contributed by atoms with Crippen molar-refractivity contribution in [1.82, 2.24) is 0 Å². The fourth-order valence-corrected chi connectivity index (χ4v) is 1.66. The zero-order valence-corrected chi connectivity index (χ0v) is 11.1. The van der Waals surface area contributed by atoms with Gasteiger partial charge >= 0.3 is 0 Å². The molecule has 0 spiro atoms. The minimum absolute atomic E-state index is 0. The second-order valence-corrected chi connectivity index (χ2v) is 3.81. The second-order valence-electron chi connectivity index (χ2n) is 3.81. The molecule has 1 heterocycles. The van der Waals surface area contributed by atoms with Crippen molar-refractivity contribution in [2.45, 2.75) is 13.0 Å². The van der Waals surface area contributed by atoms with Crippen LogP contribution >= 0.6 is 0 Å². The minimum Gasteiger partial charge on any atom is -1.00 e. The van der Waals surface area contributed by atoms with Crippen LogP contribution in [-0.2, 0) is 13.0 Å². The zero-order chi connectivity index (χ0) is 11.4. The van der Waals surface area contributed by atoms with Crippen LogP contribution in [0.15, 0.2) is 48.7 Å². The molecular weight excluding hydrogens is 278 g/mol. The summed E-state index contributed by atoms with van der Waals surface area (Å²) in [6, 6.07) is 14.0. The predicted octanol–water partition coefficient (Wildman–Crippen LogP) is -1.61. The SMILES string of the molecule is Nc1cc[n+](CCc2ccccc2)c(N)c1.[Br-]. The maximum atomic E-state index is 5.87. The normalized spacial score (nSPS) is 9.65. The van der Waals surface area contributed by atoms with Crippen molar-refractivity contribution in [1.29, 1.82) is 0 Å². The number of nitrogens with two attached hydrogens (primary N) is 2. The molecule has 0 amide bonds. The molecule has 4 N–H and O–H groups in total. The van der Waals surface area contributed by atoms with Crippen molar-refractivity contribution in [2.75, 3.05) is 11.5 Å². The Morgan fingerprint density at radius 1 is 1.00 bits per heavy atom. The minimum atomic E-state index is 0. The molecule has 2 aromatic rings. The first-order chi connectivity index (χ1) is 7.75. The lowest BCUT2D eigenvalue weighted by Gasteiger charge is -2.04. The van der Waals surface area contributed by atoms with E-state index in [1.165, 1.54) is 5.56 Å². The van der Waals surface area contributed by atoms with E-state index in [1.54, 1.807) is 6.07 Å². The molecule has 1 aromatic heterocycles. The van der Waals surface area contributed by atoms with Crippen LogP contribution in [0.3, 0.4) is 0 Å². The van der Waals surface area contributed by atoms with Gasteiger partial charge in [0.1, 0.15) is 0 Å². The Morgan fingerprint density at radius 2 is 1.71 bits per heavy atom. The topological polar surface area (TPSA) is 55.9 Å². The fourth-order valence-electron chi connectivity index (χ4n) is 1.66. The van der Waals surface area contributed by atoms with Crippen molar-refractivity contribution in [2.24, 2.45) is 0 Å². The van der Waals surface area contributed by atoms with Gasteiger partial charge in [0.15, 0.2) is 0 Å². The summed E-state index contributed by atoms with van der Waals surface area (Å²) < 4.78 is 2.00. The molecule has 0 fully saturated rings. The van der Waals surface area contributed by atoms with E-state index in [4.69, 9.17) is 11.5 Å². The molecule has 4 heteroatoms. The molecule has 0 radical (unpaired) electrons. The number of aryl methyl sites for hydroxylation is 2. The fraction of sp³-hybridized carbons (Fsp3) is 0.154. The number of benzene rings is 1. The number of rotatable bonds is 3. The van der Waals surface area contributed by atoms with Crippen molar-refractivity contribution in [3.8, 4) is 0 Å². The molecule has 0 saturated carbocycles. The quantitative estimate of drug-likeness (QED) is 0.669. The summed E-state index contributed by atoms with van der Waals surface area (Å²) in [6.07, 6.45) is 2.90. The zero-order valence-electron chi connectivity index (χ0n) is 9.51.